The zero-order valence-corrected chi connectivity index (χ0v) is 22.6. The third-order valence-corrected chi connectivity index (χ3v) is 6.51. The van der Waals surface area contributed by atoms with Gasteiger partial charge in [-0.3, -0.25) is 0 Å². The number of rotatable bonds is 9. The van der Waals surface area contributed by atoms with Gasteiger partial charge in [0.05, 0.1) is 6.61 Å². The Bertz CT molecular complexity index is 935. The second-order valence-electron chi connectivity index (χ2n) is 8.15. The normalized spacial score (nSPS) is 14.5. The Labute approximate surface area is 214 Å². The maximum Gasteiger partial charge on any atom is 0.114 e. The summed E-state index contributed by atoms with van der Waals surface area (Å²) in [6.07, 6.45) is 0.589. The van der Waals surface area contributed by atoms with Crippen LogP contribution in [-0.4, -0.2) is 25.4 Å². The SMILES string of the molecule is COCC(O)(CCN[C@@H](C)c1ccc(Br)cc1)c1ccccc1.C[C@H](N)c1ccc(Br)cc1. The van der Waals surface area contributed by atoms with Gasteiger partial charge in [0.2, 0.25) is 0 Å². The van der Waals surface area contributed by atoms with Crippen LogP contribution in [0.4, 0.5) is 0 Å². The highest BCUT2D eigenvalue weighted by Gasteiger charge is 2.28. The molecule has 0 amide bonds. The summed E-state index contributed by atoms with van der Waals surface area (Å²) in [6.45, 7) is 5.09. The Hall–Kier alpha value is -1.54. The summed E-state index contributed by atoms with van der Waals surface area (Å²) in [5, 5.41) is 14.4. The average molecular weight is 578 g/mol. The molecule has 3 atom stereocenters. The van der Waals surface area contributed by atoms with Crippen LogP contribution in [0.5, 0.6) is 0 Å². The second-order valence-corrected chi connectivity index (χ2v) is 9.98. The zero-order valence-electron chi connectivity index (χ0n) is 19.5. The lowest BCUT2D eigenvalue weighted by Crippen LogP contribution is -2.35. The van der Waals surface area contributed by atoms with E-state index in [2.05, 4.69) is 56.2 Å². The summed E-state index contributed by atoms with van der Waals surface area (Å²) >= 11 is 6.80. The first-order valence-corrected chi connectivity index (χ1v) is 12.6. The standard InChI is InChI=1S/C19H24BrNO2.C8H10BrN/c1-15(16-8-10-18(20)11-9-16)21-13-12-19(22,14-23-2)17-6-4-3-5-7-17;1-6(10)7-2-4-8(9)5-3-7/h3-11,15,21-22H,12-14H2,1-2H3;2-6H,10H2,1H3/t15-,19?;6-/m00/s1. The molecule has 0 saturated carbocycles. The van der Waals surface area contributed by atoms with E-state index in [9.17, 15) is 5.11 Å². The number of halogens is 2. The summed E-state index contributed by atoms with van der Waals surface area (Å²) in [5.74, 6) is 0. The highest BCUT2D eigenvalue weighted by Crippen LogP contribution is 2.25. The number of hydrogen-bond donors (Lipinski definition) is 3. The van der Waals surface area contributed by atoms with E-state index in [0.29, 0.717) is 13.0 Å². The summed E-state index contributed by atoms with van der Waals surface area (Å²) in [6, 6.07) is 26.4. The first-order chi connectivity index (χ1) is 15.7. The molecule has 0 spiro atoms. The van der Waals surface area contributed by atoms with Crippen molar-refractivity contribution in [3.63, 3.8) is 0 Å². The lowest BCUT2D eigenvalue weighted by Gasteiger charge is -2.29. The van der Waals surface area contributed by atoms with Crippen molar-refractivity contribution in [1.82, 2.24) is 5.32 Å². The first-order valence-electron chi connectivity index (χ1n) is 11.0. The van der Waals surface area contributed by atoms with E-state index in [1.165, 1.54) is 11.1 Å². The van der Waals surface area contributed by atoms with Crippen molar-refractivity contribution in [3.8, 4) is 0 Å². The molecule has 3 aromatic rings. The highest BCUT2D eigenvalue weighted by molar-refractivity contribution is 9.10. The maximum atomic E-state index is 10.9. The minimum Gasteiger partial charge on any atom is -0.383 e. The van der Waals surface area contributed by atoms with Crippen LogP contribution in [0.25, 0.3) is 0 Å². The van der Waals surface area contributed by atoms with E-state index in [1.54, 1.807) is 7.11 Å². The van der Waals surface area contributed by atoms with Gasteiger partial charge >= 0.3 is 0 Å². The fourth-order valence-electron chi connectivity index (χ4n) is 3.42. The predicted molar refractivity (Wildman–Crippen MR) is 144 cm³/mol. The molecule has 1 unspecified atom stereocenters. The zero-order chi connectivity index (χ0) is 24.3. The molecule has 0 aliphatic heterocycles. The second kappa shape index (κ2) is 14.0. The van der Waals surface area contributed by atoms with Crippen LogP contribution < -0.4 is 11.1 Å². The molecule has 4 N–H and O–H groups in total. The van der Waals surface area contributed by atoms with E-state index in [1.807, 2.05) is 73.7 Å². The van der Waals surface area contributed by atoms with Gasteiger partial charge < -0.3 is 20.9 Å². The van der Waals surface area contributed by atoms with Crippen molar-refractivity contribution in [2.24, 2.45) is 5.73 Å². The largest absolute Gasteiger partial charge is 0.383 e. The fourth-order valence-corrected chi connectivity index (χ4v) is 3.95. The Morgan fingerprint density at radius 1 is 0.879 bits per heavy atom. The molecule has 3 rings (SSSR count). The monoisotopic (exact) mass is 576 g/mol. The van der Waals surface area contributed by atoms with Gasteiger partial charge in [-0.05, 0) is 67.8 Å². The quantitative estimate of drug-likeness (QED) is 0.272. The Morgan fingerprint density at radius 2 is 1.39 bits per heavy atom. The van der Waals surface area contributed by atoms with E-state index in [0.717, 1.165) is 14.5 Å². The van der Waals surface area contributed by atoms with Gasteiger partial charge in [-0.25, -0.2) is 0 Å². The Morgan fingerprint density at radius 3 is 1.88 bits per heavy atom. The molecule has 6 heteroatoms. The van der Waals surface area contributed by atoms with Crippen molar-refractivity contribution in [2.45, 2.75) is 38.0 Å². The summed E-state index contributed by atoms with van der Waals surface area (Å²) in [7, 11) is 1.62. The van der Waals surface area contributed by atoms with Crippen molar-refractivity contribution >= 4 is 31.9 Å². The summed E-state index contributed by atoms with van der Waals surface area (Å²) in [4.78, 5) is 0. The van der Waals surface area contributed by atoms with Crippen LogP contribution in [-0.2, 0) is 10.3 Å². The third kappa shape index (κ3) is 9.32. The van der Waals surface area contributed by atoms with Gasteiger partial charge in [-0.1, -0.05) is 86.5 Å². The van der Waals surface area contributed by atoms with Crippen LogP contribution in [0, 0.1) is 0 Å². The number of methoxy groups -OCH3 is 1. The molecule has 0 aliphatic rings. The number of nitrogens with two attached hydrogens (primary N) is 1. The summed E-state index contributed by atoms with van der Waals surface area (Å²) in [5.41, 5.74) is 7.96. The number of hydrogen-bond acceptors (Lipinski definition) is 4. The number of ether oxygens (including phenoxy) is 1. The molecular formula is C27H34Br2N2O2. The topological polar surface area (TPSA) is 67.5 Å². The van der Waals surface area contributed by atoms with Crippen LogP contribution in [0.2, 0.25) is 0 Å². The van der Waals surface area contributed by atoms with Crippen LogP contribution in [0.3, 0.4) is 0 Å². The van der Waals surface area contributed by atoms with Gasteiger partial charge in [-0.15, -0.1) is 0 Å². The van der Waals surface area contributed by atoms with Crippen molar-refractivity contribution in [3.05, 3.63) is 104 Å². The van der Waals surface area contributed by atoms with Crippen molar-refractivity contribution in [2.75, 3.05) is 20.3 Å². The fraction of sp³-hybridized carbons (Fsp3) is 0.333. The van der Waals surface area contributed by atoms with E-state index in [-0.39, 0.29) is 18.7 Å². The number of aliphatic hydroxyl groups is 1. The predicted octanol–water partition coefficient (Wildman–Crippen LogP) is 6.49. The van der Waals surface area contributed by atoms with E-state index < -0.39 is 5.60 Å². The molecule has 0 heterocycles. The number of nitrogens with one attached hydrogen (secondary N) is 1. The lowest BCUT2D eigenvalue weighted by molar-refractivity contribution is -0.0419. The van der Waals surface area contributed by atoms with Crippen LogP contribution in [0.15, 0.2) is 87.8 Å². The number of benzene rings is 3. The molecular weight excluding hydrogens is 544 g/mol. The van der Waals surface area contributed by atoms with E-state index in [4.69, 9.17) is 10.5 Å². The molecule has 178 valence electrons. The van der Waals surface area contributed by atoms with Crippen LogP contribution in [0.1, 0.15) is 49.0 Å². The lowest BCUT2D eigenvalue weighted by atomic mass is 9.91. The molecule has 3 aromatic carbocycles. The van der Waals surface area contributed by atoms with E-state index >= 15 is 0 Å². The minimum absolute atomic E-state index is 0.132. The summed E-state index contributed by atoms with van der Waals surface area (Å²) < 4.78 is 7.40. The molecule has 4 nitrogen and oxygen atoms in total. The van der Waals surface area contributed by atoms with Crippen LogP contribution >= 0.6 is 31.9 Å². The molecule has 0 radical (unpaired) electrons. The third-order valence-electron chi connectivity index (χ3n) is 5.45. The van der Waals surface area contributed by atoms with Gasteiger partial charge in [0.25, 0.3) is 0 Å². The maximum absolute atomic E-state index is 10.9. The first kappa shape index (κ1) is 27.7. The minimum atomic E-state index is -0.970. The van der Waals surface area contributed by atoms with Gasteiger partial charge in [0.1, 0.15) is 5.60 Å². The van der Waals surface area contributed by atoms with Gasteiger partial charge in [0, 0.05) is 28.1 Å². The van der Waals surface area contributed by atoms with Crippen molar-refractivity contribution in [1.29, 1.82) is 0 Å². The molecule has 0 saturated heterocycles. The smallest absolute Gasteiger partial charge is 0.114 e. The van der Waals surface area contributed by atoms with Gasteiger partial charge in [-0.2, -0.15) is 0 Å². The van der Waals surface area contributed by atoms with Crippen molar-refractivity contribution < 1.29 is 9.84 Å². The molecule has 0 aliphatic carbocycles. The molecule has 0 aromatic heterocycles. The average Bonchev–Trinajstić information content (AvgIpc) is 2.81. The molecule has 33 heavy (non-hydrogen) atoms. The molecule has 0 fully saturated rings. The highest BCUT2D eigenvalue weighted by atomic mass is 79.9. The van der Waals surface area contributed by atoms with Gasteiger partial charge in [0.15, 0.2) is 0 Å². The Kier molecular flexibility index (Phi) is 11.7. The Balaban J connectivity index is 0.000000321. The molecule has 0 bridgehead atoms.